The molecule has 0 radical (unpaired) electrons. The van der Waals surface area contributed by atoms with E-state index in [4.69, 9.17) is 10.2 Å². The van der Waals surface area contributed by atoms with Crippen LogP contribution < -0.4 is 4.90 Å². The van der Waals surface area contributed by atoms with Crippen LogP contribution in [0, 0.1) is 0 Å². The van der Waals surface area contributed by atoms with E-state index in [1.807, 2.05) is 18.2 Å². The summed E-state index contributed by atoms with van der Waals surface area (Å²) in [6, 6.07) is 6.30. The van der Waals surface area contributed by atoms with Crippen LogP contribution >= 0.6 is 0 Å². The van der Waals surface area contributed by atoms with Gasteiger partial charge in [0.15, 0.2) is 0 Å². The van der Waals surface area contributed by atoms with E-state index in [-0.39, 0.29) is 13.2 Å². The Hall–Kier alpha value is -1.13. The van der Waals surface area contributed by atoms with Crippen molar-refractivity contribution in [1.82, 2.24) is 4.98 Å². The minimum absolute atomic E-state index is 0.0215. The van der Waals surface area contributed by atoms with Gasteiger partial charge in [0.1, 0.15) is 5.82 Å². The summed E-state index contributed by atoms with van der Waals surface area (Å²) in [4.78, 5) is 6.70. The van der Waals surface area contributed by atoms with Gasteiger partial charge in [-0.15, -0.1) is 0 Å². The second-order valence-electron chi connectivity index (χ2n) is 4.50. The molecule has 1 aromatic rings. The minimum Gasteiger partial charge on any atom is -0.396 e. The summed E-state index contributed by atoms with van der Waals surface area (Å²) in [5, 5.41) is 18.1. The Morgan fingerprint density at radius 1 is 1.29 bits per heavy atom. The number of hydrogen-bond donors (Lipinski definition) is 2. The molecule has 94 valence electrons. The zero-order valence-electron chi connectivity index (χ0n) is 10.0. The molecule has 0 bridgehead atoms. The normalized spacial score (nSPS) is 15.6. The molecule has 2 N–H and O–H groups in total. The maximum Gasteiger partial charge on any atom is 0.129 e. The van der Waals surface area contributed by atoms with Crippen LogP contribution in [0.3, 0.4) is 0 Å². The fourth-order valence-corrected chi connectivity index (χ4v) is 2.14. The zero-order valence-corrected chi connectivity index (χ0v) is 10.0. The highest BCUT2D eigenvalue weighted by molar-refractivity contribution is 5.41. The molecule has 0 aliphatic heterocycles. The molecule has 0 amide bonds. The van der Waals surface area contributed by atoms with Crippen LogP contribution in [0.2, 0.25) is 0 Å². The Morgan fingerprint density at radius 3 is 2.71 bits per heavy atom. The topological polar surface area (TPSA) is 56.6 Å². The van der Waals surface area contributed by atoms with E-state index in [2.05, 4.69) is 9.88 Å². The van der Waals surface area contributed by atoms with Crippen molar-refractivity contribution in [3.05, 3.63) is 23.9 Å². The van der Waals surface area contributed by atoms with Crippen molar-refractivity contribution >= 4 is 5.82 Å². The van der Waals surface area contributed by atoms with Gasteiger partial charge < -0.3 is 15.1 Å². The fraction of sp³-hybridized carbons (Fsp3) is 0.615. The lowest BCUT2D eigenvalue weighted by atomic mass is 9.91. The standard InChI is InChI=1S/C13H20N2O2/c16-9-3-8-15(12-5-2-6-12)13-7-1-4-11(10-17)14-13/h1,4,7,12,16-17H,2-3,5-6,8-10H2. The van der Waals surface area contributed by atoms with Gasteiger partial charge in [-0.05, 0) is 37.8 Å². The molecule has 1 aliphatic rings. The second-order valence-corrected chi connectivity index (χ2v) is 4.50. The van der Waals surface area contributed by atoms with E-state index in [0.717, 1.165) is 18.8 Å². The maximum absolute atomic E-state index is 9.11. The van der Waals surface area contributed by atoms with Crippen LogP contribution in [-0.4, -0.2) is 34.4 Å². The zero-order chi connectivity index (χ0) is 12.1. The van der Waals surface area contributed by atoms with Crippen molar-refractivity contribution in [3.8, 4) is 0 Å². The lowest BCUT2D eigenvalue weighted by Crippen LogP contribution is -2.41. The van der Waals surface area contributed by atoms with Crippen LogP contribution in [0.25, 0.3) is 0 Å². The highest BCUT2D eigenvalue weighted by atomic mass is 16.3. The molecule has 0 saturated heterocycles. The van der Waals surface area contributed by atoms with Crippen LogP contribution in [0.1, 0.15) is 31.4 Å². The molecule has 4 heteroatoms. The van der Waals surface area contributed by atoms with Crippen molar-refractivity contribution in [2.45, 2.75) is 38.3 Å². The van der Waals surface area contributed by atoms with Gasteiger partial charge in [-0.25, -0.2) is 4.98 Å². The van der Waals surface area contributed by atoms with Gasteiger partial charge in [0.25, 0.3) is 0 Å². The molecule has 1 aromatic heterocycles. The van der Waals surface area contributed by atoms with Gasteiger partial charge in [-0.1, -0.05) is 6.07 Å². The first-order chi connectivity index (χ1) is 8.35. The summed E-state index contributed by atoms with van der Waals surface area (Å²) in [5.74, 6) is 0.926. The van der Waals surface area contributed by atoms with Gasteiger partial charge in [-0.2, -0.15) is 0 Å². The lowest BCUT2D eigenvalue weighted by molar-refractivity contribution is 0.275. The van der Waals surface area contributed by atoms with Gasteiger partial charge >= 0.3 is 0 Å². The average Bonchev–Trinajstić information content (AvgIpc) is 2.32. The number of aliphatic hydroxyl groups excluding tert-OH is 2. The Balaban J connectivity index is 2.11. The van der Waals surface area contributed by atoms with Crippen LogP contribution in [-0.2, 0) is 6.61 Å². The first-order valence-electron chi connectivity index (χ1n) is 6.29. The van der Waals surface area contributed by atoms with E-state index < -0.39 is 0 Å². The van der Waals surface area contributed by atoms with Crippen molar-refractivity contribution in [2.24, 2.45) is 0 Å². The Labute approximate surface area is 102 Å². The van der Waals surface area contributed by atoms with E-state index in [1.165, 1.54) is 19.3 Å². The third kappa shape index (κ3) is 2.96. The molecule has 0 unspecified atom stereocenters. The molecule has 1 fully saturated rings. The number of anilines is 1. The summed E-state index contributed by atoms with van der Waals surface area (Å²) in [7, 11) is 0. The second kappa shape index (κ2) is 5.98. The van der Waals surface area contributed by atoms with E-state index in [9.17, 15) is 0 Å². The molecule has 4 nitrogen and oxygen atoms in total. The first-order valence-corrected chi connectivity index (χ1v) is 6.29. The van der Waals surface area contributed by atoms with E-state index in [1.54, 1.807) is 0 Å². The summed E-state index contributed by atoms with van der Waals surface area (Å²) in [6.07, 6.45) is 4.45. The molecule has 0 atom stereocenters. The fourth-order valence-electron chi connectivity index (χ4n) is 2.14. The van der Waals surface area contributed by atoms with Gasteiger partial charge in [-0.3, -0.25) is 0 Å². The third-order valence-corrected chi connectivity index (χ3v) is 3.32. The number of hydrogen-bond acceptors (Lipinski definition) is 4. The van der Waals surface area contributed by atoms with Crippen LogP contribution in [0.4, 0.5) is 5.82 Å². The lowest BCUT2D eigenvalue weighted by Gasteiger charge is -2.38. The van der Waals surface area contributed by atoms with Crippen molar-refractivity contribution in [1.29, 1.82) is 0 Å². The van der Waals surface area contributed by atoms with Crippen molar-refractivity contribution in [2.75, 3.05) is 18.1 Å². The minimum atomic E-state index is -0.0215. The molecule has 1 aliphatic carbocycles. The number of aliphatic hydroxyl groups is 2. The van der Waals surface area contributed by atoms with E-state index in [0.29, 0.717) is 11.7 Å². The quantitative estimate of drug-likeness (QED) is 0.782. The highest BCUT2D eigenvalue weighted by Crippen LogP contribution is 2.28. The smallest absolute Gasteiger partial charge is 0.129 e. The predicted molar refractivity (Wildman–Crippen MR) is 66.8 cm³/mol. The summed E-state index contributed by atoms with van der Waals surface area (Å²) in [6.45, 7) is 1.03. The van der Waals surface area contributed by atoms with Crippen molar-refractivity contribution < 1.29 is 10.2 Å². The molecule has 2 rings (SSSR count). The first kappa shape index (κ1) is 12.3. The van der Waals surface area contributed by atoms with Gasteiger partial charge in [0.05, 0.1) is 12.3 Å². The molecular weight excluding hydrogens is 216 g/mol. The molecular formula is C13H20N2O2. The molecule has 0 aromatic carbocycles. The summed E-state index contributed by atoms with van der Waals surface area (Å²) < 4.78 is 0. The Morgan fingerprint density at radius 2 is 2.12 bits per heavy atom. The van der Waals surface area contributed by atoms with E-state index >= 15 is 0 Å². The SMILES string of the molecule is OCCCN(c1cccc(CO)n1)C1CCC1. The Kier molecular flexibility index (Phi) is 4.34. The van der Waals surface area contributed by atoms with Crippen LogP contribution in [0.5, 0.6) is 0 Å². The summed E-state index contributed by atoms with van der Waals surface area (Å²) >= 11 is 0. The molecule has 1 saturated carbocycles. The number of nitrogens with zero attached hydrogens (tertiary/aromatic N) is 2. The van der Waals surface area contributed by atoms with Crippen molar-refractivity contribution in [3.63, 3.8) is 0 Å². The average molecular weight is 236 g/mol. The monoisotopic (exact) mass is 236 g/mol. The highest BCUT2D eigenvalue weighted by Gasteiger charge is 2.25. The predicted octanol–water partition coefficient (Wildman–Crippen LogP) is 1.32. The van der Waals surface area contributed by atoms with Crippen LogP contribution in [0.15, 0.2) is 18.2 Å². The molecule has 17 heavy (non-hydrogen) atoms. The van der Waals surface area contributed by atoms with Gasteiger partial charge in [0.2, 0.25) is 0 Å². The molecule has 1 heterocycles. The molecule has 0 spiro atoms. The number of rotatable bonds is 6. The Bertz CT molecular complexity index is 353. The maximum atomic E-state index is 9.11. The number of aromatic nitrogens is 1. The summed E-state index contributed by atoms with van der Waals surface area (Å²) in [5.41, 5.74) is 0.704. The third-order valence-electron chi connectivity index (χ3n) is 3.32. The van der Waals surface area contributed by atoms with Gasteiger partial charge in [0, 0.05) is 19.2 Å². The largest absolute Gasteiger partial charge is 0.396 e. The number of pyridine rings is 1.